The third-order valence-corrected chi connectivity index (χ3v) is 8.00. The average molecular weight is 593 g/mol. The van der Waals surface area contributed by atoms with E-state index in [1.807, 2.05) is 6.92 Å². The van der Waals surface area contributed by atoms with Crippen molar-refractivity contribution in [3.8, 4) is 0 Å². The number of para-hydroxylation sites is 1. The summed E-state index contributed by atoms with van der Waals surface area (Å²) in [5.74, 6) is -1.93. The van der Waals surface area contributed by atoms with Gasteiger partial charge in [0.1, 0.15) is 12.4 Å². The van der Waals surface area contributed by atoms with Crippen molar-refractivity contribution in [1.29, 1.82) is 0 Å². The summed E-state index contributed by atoms with van der Waals surface area (Å²) in [7, 11) is -4.29. The van der Waals surface area contributed by atoms with Crippen LogP contribution < -0.4 is 15.0 Å². The van der Waals surface area contributed by atoms with Gasteiger partial charge in [0.25, 0.3) is 21.8 Å². The number of halogens is 2. The van der Waals surface area contributed by atoms with Gasteiger partial charge in [0.15, 0.2) is 0 Å². The highest BCUT2D eigenvalue weighted by Gasteiger charge is 2.29. The van der Waals surface area contributed by atoms with Gasteiger partial charge < -0.3 is 5.32 Å². The van der Waals surface area contributed by atoms with Crippen LogP contribution in [-0.2, 0) is 14.8 Å². The van der Waals surface area contributed by atoms with Crippen LogP contribution in [0.4, 0.5) is 15.8 Å². The van der Waals surface area contributed by atoms with Gasteiger partial charge in [-0.3, -0.25) is 13.9 Å². The fourth-order valence-electron chi connectivity index (χ4n) is 3.82. The van der Waals surface area contributed by atoms with Gasteiger partial charge in [-0.2, -0.15) is 5.10 Å². The minimum atomic E-state index is -4.29. The second-order valence-electron chi connectivity index (χ2n) is 9.05. The monoisotopic (exact) mass is 592 g/mol. The number of hydrazone groups is 1. The molecule has 2 amide bonds. The first-order valence-electron chi connectivity index (χ1n) is 12.4. The lowest BCUT2D eigenvalue weighted by Crippen LogP contribution is -2.40. The summed E-state index contributed by atoms with van der Waals surface area (Å²) < 4.78 is 42.3. The van der Waals surface area contributed by atoms with E-state index in [2.05, 4.69) is 15.8 Å². The fraction of sp³-hybridized carbons (Fsp3) is 0.100. The quantitative estimate of drug-likeness (QED) is 0.190. The Morgan fingerprint density at radius 3 is 2.29 bits per heavy atom. The average Bonchev–Trinajstić information content (AvgIpc) is 2.95. The van der Waals surface area contributed by atoms with Crippen LogP contribution in [0.3, 0.4) is 0 Å². The standard InChI is InChI=1S/C30H26ClFN4O4S/c1-20-13-15-26(16-14-20)41(39,40)36(28-12-4-3-11-27(28)32)19-29(37)35-34-21(2)22-7-6-10-25(18-22)33-30(38)23-8-5-9-24(31)17-23/h3-18H,19H2,1-2H3,(H,33,38)(H,35,37)/b34-21+. The van der Waals surface area contributed by atoms with Crippen LogP contribution in [0.15, 0.2) is 107 Å². The Hall–Kier alpha value is -4.54. The fourth-order valence-corrected chi connectivity index (χ4v) is 5.44. The first kappa shape index (κ1) is 29.4. The number of hydrogen-bond acceptors (Lipinski definition) is 5. The van der Waals surface area contributed by atoms with E-state index in [0.29, 0.717) is 31.9 Å². The van der Waals surface area contributed by atoms with E-state index in [-0.39, 0.29) is 16.5 Å². The molecule has 0 saturated carbocycles. The van der Waals surface area contributed by atoms with Gasteiger partial charge in [-0.05, 0) is 74.0 Å². The van der Waals surface area contributed by atoms with Crippen LogP contribution in [0, 0.1) is 12.7 Å². The van der Waals surface area contributed by atoms with Crippen LogP contribution in [0.25, 0.3) is 0 Å². The predicted octanol–water partition coefficient (Wildman–Crippen LogP) is 5.78. The van der Waals surface area contributed by atoms with Crippen molar-refractivity contribution in [1.82, 2.24) is 5.43 Å². The Morgan fingerprint density at radius 1 is 0.902 bits per heavy atom. The molecule has 0 radical (unpaired) electrons. The molecule has 0 spiro atoms. The van der Waals surface area contributed by atoms with Gasteiger partial charge in [0, 0.05) is 16.3 Å². The van der Waals surface area contributed by atoms with Crippen molar-refractivity contribution >= 4 is 50.5 Å². The molecule has 0 unspecified atom stereocenters. The molecular weight excluding hydrogens is 567 g/mol. The summed E-state index contributed by atoms with van der Waals surface area (Å²) in [5, 5.41) is 7.31. The zero-order chi connectivity index (χ0) is 29.6. The number of carbonyl (C=O) groups is 2. The molecule has 0 aromatic heterocycles. The van der Waals surface area contributed by atoms with Crippen LogP contribution >= 0.6 is 11.6 Å². The predicted molar refractivity (Wildman–Crippen MR) is 158 cm³/mol. The molecule has 0 heterocycles. The van der Waals surface area contributed by atoms with E-state index in [1.54, 1.807) is 67.6 Å². The molecule has 4 aromatic rings. The van der Waals surface area contributed by atoms with E-state index in [1.165, 1.54) is 30.3 Å². The first-order chi connectivity index (χ1) is 19.5. The third-order valence-electron chi connectivity index (χ3n) is 5.99. The van der Waals surface area contributed by atoms with Gasteiger partial charge in [0.05, 0.1) is 16.3 Å². The van der Waals surface area contributed by atoms with E-state index >= 15 is 0 Å². The van der Waals surface area contributed by atoms with Gasteiger partial charge >= 0.3 is 0 Å². The molecule has 210 valence electrons. The Balaban J connectivity index is 1.51. The molecule has 0 aliphatic heterocycles. The SMILES string of the molecule is C/C(=N\NC(=O)CN(c1ccccc1F)S(=O)(=O)c1ccc(C)cc1)c1cccc(NC(=O)c2cccc(Cl)c2)c1. The van der Waals surface area contributed by atoms with E-state index in [0.717, 1.165) is 11.6 Å². The molecular formula is C30H26ClFN4O4S. The van der Waals surface area contributed by atoms with Gasteiger partial charge in [-0.1, -0.05) is 59.6 Å². The van der Waals surface area contributed by atoms with E-state index in [9.17, 15) is 22.4 Å². The summed E-state index contributed by atoms with van der Waals surface area (Å²) in [6.07, 6.45) is 0. The molecule has 0 fully saturated rings. The zero-order valence-corrected chi connectivity index (χ0v) is 23.7. The number of benzene rings is 4. The summed E-state index contributed by atoms with van der Waals surface area (Å²) in [5.41, 5.74) is 4.77. The van der Waals surface area contributed by atoms with Crippen molar-refractivity contribution in [2.45, 2.75) is 18.7 Å². The van der Waals surface area contributed by atoms with Crippen LogP contribution in [-0.4, -0.2) is 32.5 Å². The van der Waals surface area contributed by atoms with Crippen molar-refractivity contribution in [3.63, 3.8) is 0 Å². The number of anilines is 2. The first-order valence-corrected chi connectivity index (χ1v) is 14.2. The topological polar surface area (TPSA) is 108 Å². The number of sulfonamides is 1. The van der Waals surface area contributed by atoms with Crippen molar-refractivity contribution < 1.29 is 22.4 Å². The molecule has 8 nitrogen and oxygen atoms in total. The lowest BCUT2D eigenvalue weighted by molar-refractivity contribution is -0.119. The molecule has 11 heteroatoms. The molecule has 41 heavy (non-hydrogen) atoms. The molecule has 0 saturated heterocycles. The highest BCUT2D eigenvalue weighted by molar-refractivity contribution is 7.92. The van der Waals surface area contributed by atoms with Crippen molar-refractivity contribution in [2.75, 3.05) is 16.2 Å². The second kappa shape index (κ2) is 12.8. The summed E-state index contributed by atoms with van der Waals surface area (Å²) in [4.78, 5) is 25.4. The smallest absolute Gasteiger partial charge is 0.264 e. The third kappa shape index (κ3) is 7.36. The van der Waals surface area contributed by atoms with Crippen molar-refractivity contribution in [3.05, 3.63) is 125 Å². The second-order valence-corrected chi connectivity index (χ2v) is 11.4. The maximum absolute atomic E-state index is 14.7. The van der Waals surface area contributed by atoms with Crippen LogP contribution in [0.5, 0.6) is 0 Å². The number of amides is 2. The molecule has 2 N–H and O–H groups in total. The molecule has 0 bridgehead atoms. The highest BCUT2D eigenvalue weighted by atomic mass is 35.5. The summed E-state index contributed by atoms with van der Waals surface area (Å²) in [6.45, 7) is 2.72. The van der Waals surface area contributed by atoms with Crippen molar-refractivity contribution in [2.24, 2.45) is 5.10 Å². The summed E-state index contributed by atoms with van der Waals surface area (Å²) >= 11 is 5.97. The molecule has 0 aliphatic rings. The van der Waals surface area contributed by atoms with Crippen LogP contribution in [0.1, 0.15) is 28.4 Å². The number of nitrogens with one attached hydrogen (secondary N) is 2. The van der Waals surface area contributed by atoms with E-state index in [4.69, 9.17) is 11.6 Å². The normalized spacial score (nSPS) is 11.6. The highest BCUT2D eigenvalue weighted by Crippen LogP contribution is 2.26. The summed E-state index contributed by atoms with van der Waals surface area (Å²) in [6, 6.07) is 24.7. The Bertz CT molecular complexity index is 1730. The van der Waals surface area contributed by atoms with Gasteiger partial charge in [0.2, 0.25) is 0 Å². The number of carbonyl (C=O) groups excluding carboxylic acids is 2. The zero-order valence-electron chi connectivity index (χ0n) is 22.1. The lowest BCUT2D eigenvalue weighted by Gasteiger charge is -2.24. The van der Waals surface area contributed by atoms with Crippen LogP contribution in [0.2, 0.25) is 5.02 Å². The Labute approximate surface area is 242 Å². The molecule has 0 atom stereocenters. The van der Waals surface area contributed by atoms with E-state index < -0.39 is 28.3 Å². The maximum Gasteiger partial charge on any atom is 0.264 e. The number of aryl methyl sites for hydroxylation is 1. The molecule has 0 aliphatic carbocycles. The van der Waals surface area contributed by atoms with Gasteiger partial charge in [-0.25, -0.2) is 18.2 Å². The number of hydrogen-bond donors (Lipinski definition) is 2. The number of rotatable bonds is 9. The Kier molecular flexibility index (Phi) is 9.16. The number of nitrogens with zero attached hydrogens (tertiary/aromatic N) is 2. The molecule has 4 rings (SSSR count). The minimum Gasteiger partial charge on any atom is -0.322 e. The van der Waals surface area contributed by atoms with Gasteiger partial charge in [-0.15, -0.1) is 0 Å². The lowest BCUT2D eigenvalue weighted by atomic mass is 10.1. The minimum absolute atomic E-state index is 0.0875. The maximum atomic E-state index is 14.7. The largest absolute Gasteiger partial charge is 0.322 e. The molecule has 4 aromatic carbocycles. The Morgan fingerprint density at radius 2 is 1.59 bits per heavy atom.